The van der Waals surface area contributed by atoms with Gasteiger partial charge in [-0.05, 0) is 38.8 Å². The second-order valence-electron chi connectivity index (χ2n) is 4.45. The molecule has 1 heterocycles. The van der Waals surface area contributed by atoms with Gasteiger partial charge in [0.15, 0.2) is 0 Å². The van der Waals surface area contributed by atoms with Crippen LogP contribution in [0.25, 0.3) is 0 Å². The van der Waals surface area contributed by atoms with Crippen LogP contribution in [0.15, 0.2) is 23.8 Å². The van der Waals surface area contributed by atoms with E-state index in [9.17, 15) is 0 Å². The third-order valence-electron chi connectivity index (χ3n) is 3.25. The van der Waals surface area contributed by atoms with E-state index in [4.69, 9.17) is 0 Å². The second-order valence-corrected chi connectivity index (χ2v) is 4.45. The molecule has 80 valence electrons. The van der Waals surface area contributed by atoms with Crippen molar-refractivity contribution in [1.82, 2.24) is 5.32 Å². The molecule has 2 rings (SSSR count). The molecule has 0 amide bonds. The summed E-state index contributed by atoms with van der Waals surface area (Å²) in [5, 5.41) is 3.41. The molecule has 1 aliphatic heterocycles. The number of rotatable bonds is 1. The molecule has 0 saturated carbocycles. The van der Waals surface area contributed by atoms with Crippen LogP contribution in [0.2, 0.25) is 0 Å². The van der Waals surface area contributed by atoms with Gasteiger partial charge in [0.2, 0.25) is 0 Å². The van der Waals surface area contributed by atoms with Gasteiger partial charge in [0.05, 0.1) is 0 Å². The van der Waals surface area contributed by atoms with Crippen molar-refractivity contribution in [3.63, 3.8) is 0 Å². The molecule has 0 bridgehead atoms. The molecule has 1 aliphatic carbocycles. The first-order valence-corrected chi connectivity index (χ1v) is 5.90. The Morgan fingerprint density at radius 3 is 2.93 bits per heavy atom. The van der Waals surface area contributed by atoms with E-state index in [-0.39, 0.29) is 0 Å². The standard InChI is InChI=1S/C14H19N/c1-12-4-2-3-5-13(7-6-12)14-8-10-15-11-9-14/h4,6-7,13-15H,2,8-11H2,1H3. The van der Waals surface area contributed by atoms with Gasteiger partial charge in [-0.2, -0.15) is 0 Å². The van der Waals surface area contributed by atoms with Crippen molar-refractivity contribution in [3.05, 3.63) is 23.8 Å². The molecule has 0 spiro atoms. The molecule has 15 heavy (non-hydrogen) atoms. The van der Waals surface area contributed by atoms with Gasteiger partial charge in [0.1, 0.15) is 0 Å². The Balaban J connectivity index is 2.06. The summed E-state index contributed by atoms with van der Waals surface area (Å²) >= 11 is 0. The first kappa shape index (κ1) is 10.5. The van der Waals surface area contributed by atoms with Crippen molar-refractivity contribution in [2.45, 2.75) is 26.2 Å². The maximum atomic E-state index is 3.41. The van der Waals surface area contributed by atoms with E-state index >= 15 is 0 Å². The lowest BCUT2D eigenvalue weighted by Crippen LogP contribution is -2.30. The van der Waals surface area contributed by atoms with Crippen molar-refractivity contribution in [2.75, 3.05) is 13.1 Å². The van der Waals surface area contributed by atoms with Crippen molar-refractivity contribution in [2.24, 2.45) is 11.8 Å². The smallest absolute Gasteiger partial charge is 0.0415 e. The molecule has 1 unspecified atom stereocenters. The highest BCUT2D eigenvalue weighted by Crippen LogP contribution is 2.23. The van der Waals surface area contributed by atoms with Crippen LogP contribution in [-0.4, -0.2) is 13.1 Å². The van der Waals surface area contributed by atoms with Gasteiger partial charge in [0, 0.05) is 12.3 Å². The minimum atomic E-state index is 0.482. The lowest BCUT2D eigenvalue weighted by molar-refractivity contribution is 0.338. The predicted molar refractivity (Wildman–Crippen MR) is 64.4 cm³/mol. The van der Waals surface area contributed by atoms with E-state index in [1.165, 1.54) is 18.4 Å². The van der Waals surface area contributed by atoms with Crippen LogP contribution in [0.4, 0.5) is 0 Å². The van der Waals surface area contributed by atoms with E-state index in [2.05, 4.69) is 42.3 Å². The molecule has 1 fully saturated rings. The van der Waals surface area contributed by atoms with E-state index in [1.807, 2.05) is 0 Å². The zero-order valence-electron chi connectivity index (χ0n) is 9.42. The number of hydrogen-bond acceptors (Lipinski definition) is 1. The summed E-state index contributed by atoms with van der Waals surface area (Å²) in [5.74, 6) is 7.92. The molecular formula is C14H19N. The van der Waals surface area contributed by atoms with Crippen LogP contribution in [0.5, 0.6) is 0 Å². The van der Waals surface area contributed by atoms with Crippen LogP contribution in [0.3, 0.4) is 0 Å². The summed E-state index contributed by atoms with van der Waals surface area (Å²) in [5.41, 5.74) is 1.35. The lowest BCUT2D eigenvalue weighted by atomic mass is 9.84. The van der Waals surface area contributed by atoms with Gasteiger partial charge in [0.25, 0.3) is 0 Å². The minimum absolute atomic E-state index is 0.482. The molecule has 1 nitrogen and oxygen atoms in total. The summed E-state index contributed by atoms with van der Waals surface area (Å²) in [7, 11) is 0. The average molecular weight is 201 g/mol. The van der Waals surface area contributed by atoms with Gasteiger partial charge in [-0.15, -0.1) is 0 Å². The molecule has 1 heteroatoms. The molecule has 2 aliphatic rings. The summed E-state index contributed by atoms with van der Waals surface area (Å²) in [4.78, 5) is 0. The van der Waals surface area contributed by atoms with Crippen molar-refractivity contribution in [3.8, 4) is 11.8 Å². The van der Waals surface area contributed by atoms with Crippen molar-refractivity contribution < 1.29 is 0 Å². The predicted octanol–water partition coefficient (Wildman–Crippen LogP) is 2.51. The minimum Gasteiger partial charge on any atom is -0.317 e. The summed E-state index contributed by atoms with van der Waals surface area (Å²) in [6, 6.07) is 0. The zero-order chi connectivity index (χ0) is 10.5. The molecule has 0 aromatic heterocycles. The Morgan fingerprint density at radius 1 is 1.33 bits per heavy atom. The third kappa shape index (κ3) is 2.97. The van der Waals surface area contributed by atoms with E-state index in [0.717, 1.165) is 25.4 Å². The highest BCUT2D eigenvalue weighted by atomic mass is 14.9. The maximum absolute atomic E-state index is 3.41. The fourth-order valence-corrected chi connectivity index (χ4v) is 2.24. The van der Waals surface area contributed by atoms with Gasteiger partial charge in [-0.25, -0.2) is 0 Å². The maximum Gasteiger partial charge on any atom is 0.0415 e. The first-order chi connectivity index (χ1) is 7.36. The van der Waals surface area contributed by atoms with Crippen LogP contribution in [0, 0.1) is 23.7 Å². The van der Waals surface area contributed by atoms with E-state index in [1.54, 1.807) is 0 Å². The highest BCUT2D eigenvalue weighted by Gasteiger charge is 2.19. The molecule has 1 atom stereocenters. The molecule has 0 aromatic carbocycles. The largest absolute Gasteiger partial charge is 0.317 e. The van der Waals surface area contributed by atoms with E-state index < -0.39 is 0 Å². The topological polar surface area (TPSA) is 12.0 Å². The Morgan fingerprint density at radius 2 is 2.13 bits per heavy atom. The molecule has 0 radical (unpaired) electrons. The Kier molecular flexibility index (Phi) is 3.64. The number of hydrogen-bond donors (Lipinski definition) is 1. The summed E-state index contributed by atoms with van der Waals surface area (Å²) in [6.45, 7) is 4.47. The van der Waals surface area contributed by atoms with E-state index in [0.29, 0.717) is 5.92 Å². The fourth-order valence-electron chi connectivity index (χ4n) is 2.24. The van der Waals surface area contributed by atoms with Crippen LogP contribution in [0.1, 0.15) is 26.2 Å². The summed E-state index contributed by atoms with van der Waals surface area (Å²) < 4.78 is 0. The normalized spacial score (nSPS) is 27.3. The summed E-state index contributed by atoms with van der Waals surface area (Å²) in [6.07, 6.45) is 10.2. The van der Waals surface area contributed by atoms with Crippen LogP contribution >= 0.6 is 0 Å². The quantitative estimate of drug-likeness (QED) is 0.643. The number of allylic oxidation sites excluding steroid dienone is 4. The molecule has 1 N–H and O–H groups in total. The molecule has 1 saturated heterocycles. The molecule has 0 aromatic rings. The third-order valence-corrected chi connectivity index (χ3v) is 3.25. The van der Waals surface area contributed by atoms with Crippen molar-refractivity contribution >= 4 is 0 Å². The number of piperidine rings is 1. The Labute approximate surface area is 92.6 Å². The Bertz CT molecular complexity index is 321. The van der Waals surface area contributed by atoms with Crippen molar-refractivity contribution in [1.29, 1.82) is 0 Å². The first-order valence-electron chi connectivity index (χ1n) is 5.90. The Hall–Kier alpha value is -1.00. The molecular weight excluding hydrogens is 182 g/mol. The van der Waals surface area contributed by atoms with Gasteiger partial charge < -0.3 is 5.32 Å². The van der Waals surface area contributed by atoms with Gasteiger partial charge >= 0.3 is 0 Å². The second kappa shape index (κ2) is 5.19. The number of nitrogens with one attached hydrogen (secondary N) is 1. The van der Waals surface area contributed by atoms with Crippen LogP contribution < -0.4 is 5.32 Å². The van der Waals surface area contributed by atoms with Crippen LogP contribution in [-0.2, 0) is 0 Å². The monoisotopic (exact) mass is 201 g/mol. The SMILES string of the molecule is CC1=CCC#CC(C2CCNCC2)C=C1. The fraction of sp³-hybridized carbons (Fsp3) is 0.571. The highest BCUT2D eigenvalue weighted by molar-refractivity contribution is 5.26. The average Bonchev–Trinajstić information content (AvgIpc) is 2.25. The van der Waals surface area contributed by atoms with Gasteiger partial charge in [-0.3, -0.25) is 0 Å². The van der Waals surface area contributed by atoms with Gasteiger partial charge in [-0.1, -0.05) is 35.6 Å². The lowest BCUT2D eigenvalue weighted by Gasteiger charge is -2.26. The zero-order valence-corrected chi connectivity index (χ0v) is 9.42.